The highest BCUT2D eigenvalue weighted by atomic mass is 16.8. The van der Waals surface area contributed by atoms with E-state index in [1.54, 1.807) is 39.6 Å². The second-order valence-electron chi connectivity index (χ2n) is 9.13. The molecule has 0 amide bonds. The summed E-state index contributed by atoms with van der Waals surface area (Å²) < 4.78 is 17.9. The maximum Gasteiger partial charge on any atom is 0.249 e. The molecule has 3 fully saturated rings. The van der Waals surface area contributed by atoms with Crippen LogP contribution in [0.1, 0.15) is 19.0 Å². The van der Waals surface area contributed by atoms with Crippen molar-refractivity contribution in [3.8, 4) is 0 Å². The van der Waals surface area contributed by atoms with E-state index in [1.165, 1.54) is 0 Å². The summed E-state index contributed by atoms with van der Waals surface area (Å²) in [6.07, 6.45) is -0.176. The Bertz CT molecular complexity index is 794. The standard InChI is InChI=1S/C21H35N5O7/c1-11-8-20(29,10-25-5-4-12-9-24-6-7-26-12)21(30)19(31-11)32-18-16(28)13(22-2)15(27)14(23-3)17(18)33-21/h6-7,9,11,13-19,22-23,25,27-30H,4-5,8,10H2,1-3H3/t11-,13-,14+,15+,16+,17-,18?,19+,20-,21-/m1/s1. The first-order chi connectivity index (χ1) is 15.7. The van der Waals surface area contributed by atoms with E-state index in [9.17, 15) is 20.4 Å². The normalized spacial score (nSPS) is 45.3. The fourth-order valence-electron chi connectivity index (χ4n) is 5.20. The molecular formula is C21H35N5O7. The van der Waals surface area contributed by atoms with Gasteiger partial charge in [0, 0.05) is 44.5 Å². The Balaban J connectivity index is 1.52. The van der Waals surface area contributed by atoms with E-state index < -0.39 is 60.3 Å². The Labute approximate surface area is 192 Å². The number of aromatic nitrogens is 2. The maximum absolute atomic E-state index is 11.6. The molecule has 7 N–H and O–H groups in total. The number of aliphatic hydroxyl groups is 4. The molecule has 1 aliphatic carbocycles. The van der Waals surface area contributed by atoms with Gasteiger partial charge in [-0.3, -0.25) is 9.97 Å². The van der Waals surface area contributed by atoms with Gasteiger partial charge in [0.25, 0.3) is 0 Å². The van der Waals surface area contributed by atoms with E-state index in [0.29, 0.717) is 13.0 Å². The van der Waals surface area contributed by atoms with Gasteiger partial charge in [-0.2, -0.15) is 0 Å². The van der Waals surface area contributed by atoms with Gasteiger partial charge in [0.1, 0.15) is 23.9 Å². The quantitative estimate of drug-likeness (QED) is 0.201. The molecule has 186 valence electrons. The van der Waals surface area contributed by atoms with Gasteiger partial charge in [0.2, 0.25) is 12.1 Å². The average molecular weight is 470 g/mol. The minimum Gasteiger partial charge on any atom is -0.390 e. The summed E-state index contributed by atoms with van der Waals surface area (Å²) in [7, 11) is 3.28. The summed E-state index contributed by atoms with van der Waals surface area (Å²) in [6.45, 7) is 2.26. The number of likely N-dealkylation sites (N-methyl/N-ethyl adjacent to an activating group) is 2. The number of hydrogen-bond acceptors (Lipinski definition) is 12. The van der Waals surface area contributed by atoms with Crippen molar-refractivity contribution < 1.29 is 34.6 Å². The molecule has 3 heterocycles. The van der Waals surface area contributed by atoms with Gasteiger partial charge in [-0.05, 0) is 21.0 Å². The van der Waals surface area contributed by atoms with Gasteiger partial charge < -0.3 is 50.6 Å². The lowest BCUT2D eigenvalue weighted by molar-refractivity contribution is -0.482. The molecule has 0 radical (unpaired) electrons. The van der Waals surface area contributed by atoms with E-state index in [1.807, 2.05) is 0 Å². The van der Waals surface area contributed by atoms with E-state index >= 15 is 0 Å². The number of nitrogens with zero attached hydrogens (tertiary/aromatic N) is 2. The number of fused-ring (bicyclic) bond motifs is 2. The molecule has 0 aromatic carbocycles. The van der Waals surface area contributed by atoms with Gasteiger partial charge >= 0.3 is 0 Å². The molecule has 1 unspecified atom stereocenters. The largest absolute Gasteiger partial charge is 0.390 e. The smallest absolute Gasteiger partial charge is 0.249 e. The van der Waals surface area contributed by atoms with Crippen molar-refractivity contribution in [1.29, 1.82) is 0 Å². The van der Waals surface area contributed by atoms with Crippen molar-refractivity contribution in [2.24, 2.45) is 0 Å². The third-order valence-electron chi connectivity index (χ3n) is 6.94. The first-order valence-electron chi connectivity index (χ1n) is 11.3. The van der Waals surface area contributed by atoms with Crippen LogP contribution in [0.25, 0.3) is 0 Å². The molecule has 0 bridgehead atoms. The van der Waals surface area contributed by atoms with Crippen molar-refractivity contribution in [3.63, 3.8) is 0 Å². The van der Waals surface area contributed by atoms with Gasteiger partial charge in [-0.15, -0.1) is 0 Å². The van der Waals surface area contributed by atoms with Crippen LogP contribution in [0.2, 0.25) is 0 Å². The molecule has 2 aliphatic heterocycles. The molecule has 12 nitrogen and oxygen atoms in total. The molecule has 0 spiro atoms. The Kier molecular flexibility index (Phi) is 7.32. The minimum absolute atomic E-state index is 0.00315. The summed E-state index contributed by atoms with van der Waals surface area (Å²) in [4.78, 5) is 8.26. The number of ether oxygens (including phenoxy) is 3. The van der Waals surface area contributed by atoms with Gasteiger partial charge in [-0.1, -0.05) is 0 Å². The zero-order chi connectivity index (χ0) is 23.8. The van der Waals surface area contributed by atoms with Crippen LogP contribution >= 0.6 is 0 Å². The van der Waals surface area contributed by atoms with Crippen LogP contribution in [0.5, 0.6) is 0 Å². The van der Waals surface area contributed by atoms with E-state index in [-0.39, 0.29) is 13.0 Å². The third kappa shape index (κ3) is 4.41. The first kappa shape index (κ1) is 24.8. The summed E-state index contributed by atoms with van der Waals surface area (Å²) in [6, 6.07) is -1.35. The topological polar surface area (TPSA) is 170 Å². The molecule has 12 heteroatoms. The average Bonchev–Trinajstić information content (AvgIpc) is 2.78. The van der Waals surface area contributed by atoms with E-state index in [2.05, 4.69) is 25.9 Å². The van der Waals surface area contributed by atoms with Crippen LogP contribution in [0.15, 0.2) is 18.6 Å². The van der Waals surface area contributed by atoms with Crippen molar-refractivity contribution in [2.45, 2.75) is 80.0 Å². The number of aliphatic hydroxyl groups excluding tert-OH is 2. The monoisotopic (exact) mass is 469 g/mol. The second kappa shape index (κ2) is 9.74. The Morgan fingerprint density at radius 3 is 2.48 bits per heavy atom. The maximum atomic E-state index is 11.6. The SMILES string of the molecule is CN[C@@H]1[C@H](O)[C@H](NC)[C@H]2O[C@]3(O)[C@H](OC2[C@H]1O)O[C@H](C)C[C@@]3(O)CNCCc1cnccn1. The molecule has 2 saturated heterocycles. The zero-order valence-corrected chi connectivity index (χ0v) is 19.1. The number of nitrogens with one attached hydrogen (secondary N) is 3. The third-order valence-corrected chi connectivity index (χ3v) is 6.94. The number of hydrogen-bond donors (Lipinski definition) is 7. The molecule has 1 saturated carbocycles. The van der Waals surface area contributed by atoms with Crippen LogP contribution in [-0.2, 0) is 20.6 Å². The fourth-order valence-corrected chi connectivity index (χ4v) is 5.20. The minimum atomic E-state index is -2.22. The molecular weight excluding hydrogens is 434 g/mol. The lowest BCUT2D eigenvalue weighted by Crippen LogP contribution is -2.81. The van der Waals surface area contributed by atoms with Crippen molar-refractivity contribution in [1.82, 2.24) is 25.9 Å². The number of rotatable bonds is 7. The van der Waals surface area contributed by atoms with Crippen LogP contribution < -0.4 is 16.0 Å². The zero-order valence-electron chi connectivity index (χ0n) is 19.1. The molecule has 1 aromatic rings. The summed E-state index contributed by atoms with van der Waals surface area (Å²) in [5.41, 5.74) is -0.952. The highest BCUT2D eigenvalue weighted by Gasteiger charge is 2.68. The lowest BCUT2D eigenvalue weighted by Gasteiger charge is -2.60. The molecule has 1 aromatic heterocycles. The van der Waals surface area contributed by atoms with Crippen molar-refractivity contribution >= 4 is 0 Å². The summed E-state index contributed by atoms with van der Waals surface area (Å²) in [5, 5.41) is 53.8. The molecule has 3 aliphatic rings. The second-order valence-corrected chi connectivity index (χ2v) is 9.13. The molecule has 33 heavy (non-hydrogen) atoms. The van der Waals surface area contributed by atoms with Gasteiger partial charge in [0.15, 0.2) is 0 Å². The predicted molar refractivity (Wildman–Crippen MR) is 115 cm³/mol. The fraction of sp³-hybridized carbons (Fsp3) is 0.810. The Morgan fingerprint density at radius 1 is 1.06 bits per heavy atom. The molecule has 10 atom stereocenters. The van der Waals surface area contributed by atoms with Crippen LogP contribution in [0, 0.1) is 0 Å². The predicted octanol–water partition coefficient (Wildman–Crippen LogP) is -3.14. The van der Waals surface area contributed by atoms with Crippen LogP contribution in [-0.4, -0.2) is 118 Å². The van der Waals surface area contributed by atoms with Crippen molar-refractivity contribution in [2.75, 3.05) is 27.2 Å². The molecule has 4 rings (SSSR count). The first-order valence-corrected chi connectivity index (χ1v) is 11.3. The Hall–Kier alpha value is -1.32. The summed E-state index contributed by atoms with van der Waals surface area (Å²) in [5.74, 6) is -2.22. The van der Waals surface area contributed by atoms with Gasteiger partial charge in [0.05, 0.1) is 30.0 Å². The summed E-state index contributed by atoms with van der Waals surface area (Å²) >= 11 is 0. The van der Waals surface area contributed by atoms with Crippen LogP contribution in [0.4, 0.5) is 0 Å². The Morgan fingerprint density at radius 2 is 1.82 bits per heavy atom. The lowest BCUT2D eigenvalue weighted by atomic mass is 9.77. The van der Waals surface area contributed by atoms with E-state index in [0.717, 1.165) is 5.69 Å². The van der Waals surface area contributed by atoms with E-state index in [4.69, 9.17) is 14.2 Å². The highest BCUT2D eigenvalue weighted by Crippen LogP contribution is 2.46. The highest BCUT2D eigenvalue weighted by molar-refractivity contribution is 5.12. The van der Waals surface area contributed by atoms with Crippen LogP contribution in [0.3, 0.4) is 0 Å². The van der Waals surface area contributed by atoms with Crippen molar-refractivity contribution in [3.05, 3.63) is 24.3 Å². The van der Waals surface area contributed by atoms with Gasteiger partial charge in [-0.25, -0.2) is 0 Å².